The second kappa shape index (κ2) is 3.76. The van der Waals surface area contributed by atoms with E-state index < -0.39 is 12.2 Å². The van der Waals surface area contributed by atoms with Crippen LogP contribution in [-0.4, -0.2) is 56.1 Å². The van der Waals surface area contributed by atoms with Gasteiger partial charge in [-0.05, 0) is 0 Å². The maximum absolute atomic E-state index is 11.9. The lowest BCUT2D eigenvalue weighted by atomic mass is 10.3. The zero-order chi connectivity index (χ0) is 11.9. The van der Waals surface area contributed by atoms with Gasteiger partial charge in [0.2, 0.25) is 0 Å². The van der Waals surface area contributed by atoms with Crippen LogP contribution in [0.3, 0.4) is 0 Å². The molecule has 88 valence electrons. The van der Waals surface area contributed by atoms with Crippen LogP contribution >= 0.6 is 0 Å². The number of rotatable bonds is 1. The number of nitrogen functional groups attached to an aromatic ring is 1. The molecule has 0 spiro atoms. The molecule has 0 aliphatic carbocycles. The van der Waals surface area contributed by atoms with Gasteiger partial charge in [0, 0.05) is 26.3 Å². The molecule has 1 fully saturated rings. The van der Waals surface area contributed by atoms with E-state index in [0.29, 0.717) is 5.69 Å². The van der Waals surface area contributed by atoms with E-state index in [2.05, 4.69) is 5.10 Å². The van der Waals surface area contributed by atoms with Crippen molar-refractivity contribution in [2.75, 3.05) is 18.8 Å². The van der Waals surface area contributed by atoms with E-state index in [4.69, 9.17) is 5.73 Å². The van der Waals surface area contributed by atoms with Gasteiger partial charge in [-0.1, -0.05) is 0 Å². The molecule has 7 nitrogen and oxygen atoms in total. The Morgan fingerprint density at radius 1 is 1.50 bits per heavy atom. The number of aryl methyl sites for hydroxylation is 1. The summed E-state index contributed by atoms with van der Waals surface area (Å²) in [5.41, 5.74) is 6.07. The van der Waals surface area contributed by atoms with Crippen molar-refractivity contribution in [1.29, 1.82) is 0 Å². The normalized spacial score (nSPS) is 25.1. The Morgan fingerprint density at radius 3 is 2.50 bits per heavy atom. The summed E-state index contributed by atoms with van der Waals surface area (Å²) in [4.78, 5) is 13.3. The van der Waals surface area contributed by atoms with Gasteiger partial charge in [-0.15, -0.1) is 0 Å². The van der Waals surface area contributed by atoms with E-state index >= 15 is 0 Å². The lowest BCUT2D eigenvalue weighted by Crippen LogP contribution is -2.30. The summed E-state index contributed by atoms with van der Waals surface area (Å²) < 4.78 is 1.45. The maximum Gasteiger partial charge on any atom is 0.276 e. The topological polar surface area (TPSA) is 105 Å². The first kappa shape index (κ1) is 10.9. The Bertz CT molecular complexity index is 407. The molecule has 2 heterocycles. The van der Waals surface area contributed by atoms with Gasteiger partial charge >= 0.3 is 0 Å². The average molecular weight is 226 g/mol. The number of anilines is 1. The number of likely N-dealkylation sites (tertiary alicyclic amines) is 1. The highest BCUT2D eigenvalue weighted by Crippen LogP contribution is 2.16. The Hall–Kier alpha value is -1.60. The molecule has 1 aromatic heterocycles. The predicted molar refractivity (Wildman–Crippen MR) is 55.5 cm³/mol. The third-order valence-corrected chi connectivity index (χ3v) is 2.61. The molecule has 0 bridgehead atoms. The van der Waals surface area contributed by atoms with Crippen molar-refractivity contribution in [3.05, 3.63) is 11.9 Å². The molecule has 1 aliphatic rings. The molecule has 0 aromatic carbocycles. The lowest BCUT2D eigenvalue weighted by Gasteiger charge is -2.13. The second-order valence-electron chi connectivity index (χ2n) is 3.95. The number of β-amino-alcohol motifs (C(OH)–C–C–N with tert-alkyl or cyclic N) is 2. The zero-order valence-corrected chi connectivity index (χ0v) is 8.87. The molecule has 1 amide bonds. The maximum atomic E-state index is 11.9. The van der Waals surface area contributed by atoms with Crippen LogP contribution in [0.15, 0.2) is 6.20 Å². The number of aromatic nitrogens is 2. The zero-order valence-electron chi connectivity index (χ0n) is 8.87. The summed E-state index contributed by atoms with van der Waals surface area (Å²) in [6, 6.07) is 0. The van der Waals surface area contributed by atoms with E-state index in [1.165, 1.54) is 15.8 Å². The van der Waals surface area contributed by atoms with Crippen LogP contribution in [0.1, 0.15) is 10.5 Å². The van der Waals surface area contributed by atoms with Gasteiger partial charge in [-0.25, -0.2) is 0 Å². The number of nitrogens with two attached hydrogens (primary N) is 1. The summed E-state index contributed by atoms with van der Waals surface area (Å²) in [5, 5.41) is 22.6. The molecule has 0 saturated carbocycles. The SMILES string of the molecule is Cn1cc(N)c(C(=O)N2CC(O)C(O)C2)n1. The van der Waals surface area contributed by atoms with Crippen LogP contribution in [0, 0.1) is 0 Å². The van der Waals surface area contributed by atoms with Gasteiger partial charge in [-0.2, -0.15) is 5.10 Å². The minimum atomic E-state index is -0.895. The number of amides is 1. The first-order valence-electron chi connectivity index (χ1n) is 4.93. The summed E-state index contributed by atoms with van der Waals surface area (Å²) in [6.07, 6.45) is -0.251. The third-order valence-electron chi connectivity index (χ3n) is 2.61. The number of nitrogens with zero attached hydrogens (tertiary/aromatic N) is 3. The number of carbonyl (C=O) groups is 1. The van der Waals surface area contributed by atoms with Crippen molar-refractivity contribution in [3.8, 4) is 0 Å². The fourth-order valence-corrected chi connectivity index (χ4v) is 1.76. The Labute approximate surface area is 92.1 Å². The van der Waals surface area contributed by atoms with Crippen molar-refractivity contribution in [3.63, 3.8) is 0 Å². The number of aliphatic hydroxyl groups is 2. The fraction of sp³-hybridized carbons (Fsp3) is 0.556. The molecule has 0 radical (unpaired) electrons. The van der Waals surface area contributed by atoms with Crippen molar-refractivity contribution < 1.29 is 15.0 Å². The van der Waals surface area contributed by atoms with Gasteiger partial charge in [0.1, 0.15) is 0 Å². The number of carbonyl (C=O) groups excluding carboxylic acids is 1. The minimum Gasteiger partial charge on any atom is -0.396 e. The minimum absolute atomic E-state index is 0.107. The van der Waals surface area contributed by atoms with Gasteiger partial charge in [-0.3, -0.25) is 9.48 Å². The monoisotopic (exact) mass is 226 g/mol. The van der Waals surface area contributed by atoms with E-state index in [9.17, 15) is 15.0 Å². The van der Waals surface area contributed by atoms with E-state index in [1.54, 1.807) is 7.05 Å². The van der Waals surface area contributed by atoms with Crippen molar-refractivity contribution >= 4 is 11.6 Å². The summed E-state index contributed by atoms with van der Waals surface area (Å²) >= 11 is 0. The first-order valence-corrected chi connectivity index (χ1v) is 4.93. The number of hydrogen-bond donors (Lipinski definition) is 3. The molecule has 2 rings (SSSR count). The van der Waals surface area contributed by atoms with Crippen LogP contribution in [0.2, 0.25) is 0 Å². The van der Waals surface area contributed by atoms with Crippen LogP contribution < -0.4 is 5.73 Å². The molecular weight excluding hydrogens is 212 g/mol. The number of aliphatic hydroxyl groups excluding tert-OH is 2. The molecule has 2 unspecified atom stereocenters. The summed E-state index contributed by atoms with van der Waals surface area (Å²) in [7, 11) is 1.67. The van der Waals surface area contributed by atoms with Crippen molar-refractivity contribution in [2.24, 2.45) is 7.05 Å². The highest BCUT2D eigenvalue weighted by atomic mass is 16.3. The summed E-state index contributed by atoms with van der Waals surface area (Å²) in [6.45, 7) is 0.214. The molecule has 16 heavy (non-hydrogen) atoms. The molecule has 1 saturated heterocycles. The highest BCUT2D eigenvalue weighted by Gasteiger charge is 2.34. The summed E-state index contributed by atoms with van der Waals surface area (Å²) in [5.74, 6) is -0.367. The standard InChI is InChI=1S/C9H14N4O3/c1-12-2-5(10)8(11-12)9(16)13-3-6(14)7(15)4-13/h2,6-7,14-15H,3-4,10H2,1H3. The van der Waals surface area contributed by atoms with Gasteiger partial charge < -0.3 is 20.8 Å². The van der Waals surface area contributed by atoms with Crippen LogP contribution in [0.25, 0.3) is 0 Å². The molecule has 1 aliphatic heterocycles. The highest BCUT2D eigenvalue weighted by molar-refractivity contribution is 5.97. The second-order valence-corrected chi connectivity index (χ2v) is 3.95. The largest absolute Gasteiger partial charge is 0.396 e. The fourth-order valence-electron chi connectivity index (χ4n) is 1.76. The van der Waals surface area contributed by atoms with Gasteiger partial charge in [0.15, 0.2) is 5.69 Å². The molecular formula is C9H14N4O3. The Kier molecular flexibility index (Phi) is 2.56. The molecule has 4 N–H and O–H groups in total. The molecule has 1 aromatic rings. The van der Waals surface area contributed by atoms with Crippen LogP contribution in [0.5, 0.6) is 0 Å². The number of hydrogen-bond acceptors (Lipinski definition) is 5. The van der Waals surface area contributed by atoms with Gasteiger partial charge in [0.05, 0.1) is 17.9 Å². The smallest absolute Gasteiger partial charge is 0.276 e. The average Bonchev–Trinajstić information content (AvgIpc) is 2.70. The van der Waals surface area contributed by atoms with E-state index in [1.807, 2.05) is 0 Å². The van der Waals surface area contributed by atoms with Gasteiger partial charge in [0.25, 0.3) is 5.91 Å². The predicted octanol–water partition coefficient (Wildman–Crippen LogP) is -1.82. The molecule has 7 heteroatoms. The van der Waals surface area contributed by atoms with Crippen LogP contribution in [-0.2, 0) is 7.05 Å². The van der Waals surface area contributed by atoms with Crippen molar-refractivity contribution in [2.45, 2.75) is 12.2 Å². The Balaban J connectivity index is 2.17. The van der Waals surface area contributed by atoms with Crippen LogP contribution in [0.4, 0.5) is 5.69 Å². The molecule has 2 atom stereocenters. The van der Waals surface area contributed by atoms with E-state index in [0.717, 1.165) is 0 Å². The first-order chi connectivity index (χ1) is 7.49. The van der Waals surface area contributed by atoms with Crippen molar-refractivity contribution in [1.82, 2.24) is 14.7 Å². The third kappa shape index (κ3) is 1.74. The Morgan fingerprint density at radius 2 is 2.06 bits per heavy atom. The van der Waals surface area contributed by atoms with E-state index in [-0.39, 0.29) is 24.7 Å². The lowest BCUT2D eigenvalue weighted by molar-refractivity contribution is 0.0572. The quantitative estimate of drug-likeness (QED) is 0.523.